The molecule has 0 unspecified atom stereocenters. The molecular weight excluding hydrogens is 286 g/mol. The molecule has 0 spiro atoms. The molecule has 3 nitrogen and oxygen atoms in total. The Morgan fingerprint density at radius 3 is 2.92 bits per heavy atom. The number of likely N-dealkylation sites (N-methyl/N-ethyl adjacent to an activating group) is 1. The maximum Gasteiger partial charge on any atom is 0.142 e. The van der Waals surface area contributed by atoms with Crippen molar-refractivity contribution in [2.75, 3.05) is 25.1 Å². The van der Waals surface area contributed by atoms with Crippen molar-refractivity contribution in [2.24, 2.45) is 0 Å². The van der Waals surface area contributed by atoms with Gasteiger partial charge in [-0.15, -0.1) is 0 Å². The summed E-state index contributed by atoms with van der Waals surface area (Å²) in [5, 5.41) is 8.70. The van der Waals surface area contributed by atoms with Gasteiger partial charge in [-0.2, -0.15) is 0 Å². The lowest BCUT2D eigenvalue weighted by atomic mass is 10.4. The minimum absolute atomic E-state index is 0.0611. The number of halogens is 2. The average molecular weight is 296 g/mol. The monoisotopic (exact) mass is 296 g/mol. The maximum absolute atomic E-state index is 12.7. The summed E-state index contributed by atoms with van der Waals surface area (Å²) in [6, 6.07) is 1.41. The highest BCUT2D eigenvalue weighted by atomic mass is 127. The second-order valence-corrected chi connectivity index (χ2v) is 3.77. The van der Waals surface area contributed by atoms with E-state index in [4.69, 9.17) is 5.11 Å². The van der Waals surface area contributed by atoms with Crippen LogP contribution in [-0.2, 0) is 0 Å². The largest absolute Gasteiger partial charge is 0.395 e. The Labute approximate surface area is 89.7 Å². The van der Waals surface area contributed by atoms with Gasteiger partial charge in [-0.3, -0.25) is 0 Å². The molecule has 0 aliphatic heterocycles. The Morgan fingerprint density at radius 2 is 2.38 bits per heavy atom. The number of hydrogen-bond acceptors (Lipinski definition) is 3. The first-order valence-corrected chi connectivity index (χ1v) is 4.86. The van der Waals surface area contributed by atoms with Gasteiger partial charge in [-0.05, 0) is 28.7 Å². The molecular formula is C8H10FIN2O. The fourth-order valence-corrected chi connectivity index (χ4v) is 1.79. The summed E-state index contributed by atoms with van der Waals surface area (Å²) >= 11 is 2.02. The van der Waals surface area contributed by atoms with Gasteiger partial charge in [0.2, 0.25) is 0 Å². The molecule has 5 heteroatoms. The highest BCUT2D eigenvalue weighted by molar-refractivity contribution is 14.1. The Balaban J connectivity index is 2.88. The van der Waals surface area contributed by atoms with Crippen LogP contribution in [0.15, 0.2) is 12.3 Å². The molecule has 0 atom stereocenters. The Hall–Kier alpha value is -0.430. The van der Waals surface area contributed by atoms with E-state index in [9.17, 15) is 4.39 Å². The predicted octanol–water partition coefficient (Wildman–Crippen LogP) is 1.25. The molecule has 1 aromatic heterocycles. The summed E-state index contributed by atoms with van der Waals surface area (Å²) in [5.74, 6) is 0.349. The number of aromatic nitrogens is 1. The zero-order valence-corrected chi connectivity index (χ0v) is 9.32. The van der Waals surface area contributed by atoms with Crippen LogP contribution < -0.4 is 4.90 Å². The first-order chi connectivity index (χ1) is 6.15. The number of nitrogens with zero attached hydrogens (tertiary/aromatic N) is 2. The standard InChI is InChI=1S/C8H10FIN2O/c1-12(2-3-13)8-7(10)4-6(9)5-11-8/h4-5,13H,2-3H2,1H3. The molecule has 1 aromatic rings. The predicted molar refractivity (Wildman–Crippen MR) is 57.3 cm³/mol. The highest BCUT2D eigenvalue weighted by Gasteiger charge is 2.07. The summed E-state index contributed by atoms with van der Waals surface area (Å²) in [6.45, 7) is 0.556. The molecule has 0 saturated heterocycles. The van der Waals surface area contributed by atoms with Crippen molar-refractivity contribution in [3.63, 3.8) is 0 Å². The number of hydrogen-bond donors (Lipinski definition) is 1. The maximum atomic E-state index is 12.7. The molecule has 0 fully saturated rings. The molecule has 0 bridgehead atoms. The van der Waals surface area contributed by atoms with Crippen LogP contribution in [0.25, 0.3) is 0 Å². The van der Waals surface area contributed by atoms with Crippen LogP contribution in [0.4, 0.5) is 10.2 Å². The van der Waals surface area contributed by atoms with E-state index in [1.807, 2.05) is 22.6 Å². The molecule has 0 aliphatic carbocycles. The third kappa shape index (κ3) is 2.77. The summed E-state index contributed by atoms with van der Waals surface area (Å²) in [6.07, 6.45) is 1.17. The molecule has 72 valence electrons. The number of aliphatic hydroxyl groups excluding tert-OH is 1. The fourth-order valence-electron chi connectivity index (χ4n) is 0.944. The first-order valence-electron chi connectivity index (χ1n) is 3.78. The van der Waals surface area contributed by atoms with Crippen molar-refractivity contribution in [1.82, 2.24) is 4.98 Å². The van der Waals surface area contributed by atoms with Crippen LogP contribution in [0, 0.1) is 9.39 Å². The van der Waals surface area contributed by atoms with Crippen LogP contribution in [0.1, 0.15) is 0 Å². The van der Waals surface area contributed by atoms with E-state index in [1.54, 1.807) is 11.9 Å². The summed E-state index contributed by atoms with van der Waals surface area (Å²) < 4.78 is 13.4. The SMILES string of the molecule is CN(CCO)c1ncc(F)cc1I. The lowest BCUT2D eigenvalue weighted by Crippen LogP contribution is -2.23. The lowest BCUT2D eigenvalue weighted by Gasteiger charge is -2.17. The van der Waals surface area contributed by atoms with E-state index in [-0.39, 0.29) is 12.4 Å². The molecule has 0 radical (unpaired) electrons. The smallest absolute Gasteiger partial charge is 0.142 e. The van der Waals surface area contributed by atoms with Crippen molar-refractivity contribution in [3.05, 3.63) is 21.7 Å². The third-order valence-corrected chi connectivity index (χ3v) is 2.38. The summed E-state index contributed by atoms with van der Waals surface area (Å²) in [4.78, 5) is 5.71. The Morgan fingerprint density at radius 1 is 1.69 bits per heavy atom. The van der Waals surface area contributed by atoms with E-state index in [0.29, 0.717) is 12.4 Å². The van der Waals surface area contributed by atoms with Crippen molar-refractivity contribution >= 4 is 28.4 Å². The van der Waals surface area contributed by atoms with E-state index in [2.05, 4.69) is 4.98 Å². The lowest BCUT2D eigenvalue weighted by molar-refractivity contribution is 0.303. The number of aliphatic hydroxyl groups is 1. The van der Waals surface area contributed by atoms with Gasteiger partial charge in [0.1, 0.15) is 11.6 Å². The topological polar surface area (TPSA) is 36.4 Å². The van der Waals surface area contributed by atoms with E-state index < -0.39 is 0 Å². The Bertz CT molecular complexity index is 295. The van der Waals surface area contributed by atoms with Gasteiger partial charge < -0.3 is 10.0 Å². The van der Waals surface area contributed by atoms with Crippen LogP contribution in [0.3, 0.4) is 0 Å². The van der Waals surface area contributed by atoms with Gasteiger partial charge in [0.15, 0.2) is 0 Å². The quantitative estimate of drug-likeness (QED) is 0.853. The van der Waals surface area contributed by atoms with Crippen LogP contribution in [0.5, 0.6) is 0 Å². The number of pyridine rings is 1. The van der Waals surface area contributed by atoms with E-state index >= 15 is 0 Å². The molecule has 13 heavy (non-hydrogen) atoms. The molecule has 1 rings (SSSR count). The van der Waals surface area contributed by atoms with Crippen molar-refractivity contribution in [3.8, 4) is 0 Å². The minimum Gasteiger partial charge on any atom is -0.395 e. The minimum atomic E-state index is -0.342. The molecule has 0 aliphatic rings. The van der Waals surface area contributed by atoms with Gasteiger partial charge in [0.05, 0.1) is 16.4 Å². The van der Waals surface area contributed by atoms with Gasteiger partial charge in [-0.25, -0.2) is 9.37 Å². The second-order valence-electron chi connectivity index (χ2n) is 2.60. The van der Waals surface area contributed by atoms with Crippen molar-refractivity contribution in [1.29, 1.82) is 0 Å². The summed E-state index contributed by atoms with van der Waals surface area (Å²) in [7, 11) is 1.80. The molecule has 1 heterocycles. The molecule has 1 N–H and O–H groups in total. The third-order valence-electron chi connectivity index (χ3n) is 1.59. The first kappa shape index (κ1) is 10.6. The van der Waals surface area contributed by atoms with Crippen molar-refractivity contribution in [2.45, 2.75) is 0 Å². The summed E-state index contributed by atoms with van der Waals surface area (Å²) in [5.41, 5.74) is 0. The van der Waals surface area contributed by atoms with Crippen LogP contribution in [0.2, 0.25) is 0 Å². The van der Waals surface area contributed by atoms with E-state index in [0.717, 1.165) is 3.57 Å². The molecule has 0 aromatic carbocycles. The number of rotatable bonds is 3. The van der Waals surface area contributed by atoms with Gasteiger partial charge in [0, 0.05) is 13.6 Å². The Kier molecular flexibility index (Phi) is 3.86. The fraction of sp³-hybridized carbons (Fsp3) is 0.375. The second kappa shape index (κ2) is 4.71. The van der Waals surface area contributed by atoms with Crippen LogP contribution >= 0.6 is 22.6 Å². The zero-order chi connectivity index (χ0) is 9.84. The van der Waals surface area contributed by atoms with Crippen molar-refractivity contribution < 1.29 is 9.50 Å². The molecule has 0 amide bonds. The molecule has 0 saturated carbocycles. The highest BCUT2D eigenvalue weighted by Crippen LogP contribution is 2.18. The van der Waals surface area contributed by atoms with Gasteiger partial charge >= 0.3 is 0 Å². The average Bonchev–Trinajstić information content (AvgIpc) is 2.04. The number of anilines is 1. The van der Waals surface area contributed by atoms with Gasteiger partial charge in [0.25, 0.3) is 0 Å². The van der Waals surface area contributed by atoms with E-state index in [1.165, 1.54) is 12.3 Å². The zero-order valence-electron chi connectivity index (χ0n) is 7.17. The normalized spacial score (nSPS) is 10.2. The van der Waals surface area contributed by atoms with Gasteiger partial charge in [-0.1, -0.05) is 0 Å². The van der Waals surface area contributed by atoms with Crippen LogP contribution in [-0.4, -0.2) is 30.3 Å².